The van der Waals surface area contributed by atoms with Crippen LogP contribution in [-0.2, 0) is 0 Å². The van der Waals surface area contributed by atoms with E-state index in [1.807, 2.05) is 12.3 Å². The summed E-state index contributed by atoms with van der Waals surface area (Å²) in [4.78, 5) is 9.31. The van der Waals surface area contributed by atoms with Gasteiger partial charge in [0.05, 0.1) is 23.7 Å². The summed E-state index contributed by atoms with van der Waals surface area (Å²) in [6.45, 7) is 6.26. The molecule has 0 bridgehead atoms. The molecule has 3 rings (SSSR count). The summed E-state index contributed by atoms with van der Waals surface area (Å²) in [6.07, 6.45) is 4.19. The molecule has 1 aliphatic heterocycles. The van der Waals surface area contributed by atoms with Crippen LogP contribution in [0.25, 0.3) is 0 Å². The molecule has 0 aromatic carbocycles. The zero-order chi connectivity index (χ0) is 12.5. The quantitative estimate of drug-likeness (QED) is 0.877. The first kappa shape index (κ1) is 11.9. The molecule has 0 amide bonds. The lowest BCUT2D eigenvalue weighted by Crippen LogP contribution is -2.47. The van der Waals surface area contributed by atoms with Crippen LogP contribution in [-0.4, -0.2) is 47.2 Å². The highest BCUT2D eigenvalue weighted by molar-refractivity contribution is 5.45. The van der Waals surface area contributed by atoms with Crippen molar-refractivity contribution in [1.82, 2.24) is 9.88 Å². The Bertz CT molecular complexity index is 392. The van der Waals surface area contributed by atoms with Gasteiger partial charge < -0.3 is 10.0 Å². The minimum absolute atomic E-state index is 0.481. The van der Waals surface area contributed by atoms with Gasteiger partial charge in [-0.1, -0.05) is 0 Å². The van der Waals surface area contributed by atoms with Crippen LogP contribution < -0.4 is 4.90 Å². The summed E-state index contributed by atoms with van der Waals surface area (Å²) in [5, 5.41) is 9.44. The van der Waals surface area contributed by atoms with Gasteiger partial charge in [-0.3, -0.25) is 9.88 Å². The Morgan fingerprint density at radius 1 is 1.22 bits per heavy atom. The van der Waals surface area contributed by atoms with E-state index in [9.17, 15) is 5.11 Å². The Kier molecular flexibility index (Phi) is 3.22. The third-order valence-corrected chi connectivity index (χ3v) is 3.94. The van der Waals surface area contributed by atoms with E-state index in [1.54, 1.807) is 6.92 Å². The zero-order valence-electron chi connectivity index (χ0n) is 10.9. The number of hydrogen-bond donors (Lipinski definition) is 1. The number of aliphatic hydroxyl groups excluding tert-OH is 1. The summed E-state index contributed by atoms with van der Waals surface area (Å²) in [6, 6.07) is 4.87. The fourth-order valence-corrected chi connectivity index (χ4v) is 2.62. The number of aromatic nitrogens is 1. The topological polar surface area (TPSA) is 39.6 Å². The van der Waals surface area contributed by atoms with E-state index >= 15 is 0 Å². The highest BCUT2D eigenvalue weighted by Crippen LogP contribution is 2.28. The second-order valence-corrected chi connectivity index (χ2v) is 5.37. The van der Waals surface area contributed by atoms with Crippen LogP contribution in [0.15, 0.2) is 18.3 Å². The van der Waals surface area contributed by atoms with Crippen molar-refractivity contribution in [3.05, 3.63) is 24.0 Å². The average molecular weight is 247 g/mol. The van der Waals surface area contributed by atoms with Crippen molar-refractivity contribution < 1.29 is 5.11 Å². The Hall–Kier alpha value is -1.13. The first-order chi connectivity index (χ1) is 8.74. The molecule has 1 saturated carbocycles. The van der Waals surface area contributed by atoms with E-state index in [1.165, 1.54) is 31.6 Å². The van der Waals surface area contributed by atoms with Crippen molar-refractivity contribution in [3.8, 4) is 0 Å². The minimum Gasteiger partial charge on any atom is -0.387 e. The lowest BCUT2D eigenvalue weighted by Gasteiger charge is -2.36. The molecule has 0 radical (unpaired) electrons. The van der Waals surface area contributed by atoms with Crippen molar-refractivity contribution >= 4 is 5.69 Å². The van der Waals surface area contributed by atoms with Gasteiger partial charge >= 0.3 is 0 Å². The van der Waals surface area contributed by atoms with Crippen molar-refractivity contribution in [2.24, 2.45) is 0 Å². The first-order valence-corrected chi connectivity index (χ1v) is 6.87. The second-order valence-electron chi connectivity index (χ2n) is 5.37. The minimum atomic E-state index is -0.481. The molecule has 18 heavy (non-hydrogen) atoms. The summed E-state index contributed by atoms with van der Waals surface area (Å²) in [7, 11) is 0. The summed E-state index contributed by atoms with van der Waals surface area (Å²) >= 11 is 0. The molecule has 2 fully saturated rings. The highest BCUT2D eigenvalue weighted by atomic mass is 16.3. The maximum absolute atomic E-state index is 9.44. The number of pyridine rings is 1. The molecule has 2 aliphatic rings. The molecular formula is C14H21N3O. The molecule has 1 aromatic rings. The monoisotopic (exact) mass is 247 g/mol. The number of rotatable bonds is 3. The molecule has 1 saturated heterocycles. The van der Waals surface area contributed by atoms with Gasteiger partial charge in [-0.2, -0.15) is 0 Å². The highest BCUT2D eigenvalue weighted by Gasteiger charge is 2.31. The number of hydrogen-bond acceptors (Lipinski definition) is 4. The maximum atomic E-state index is 9.44. The fraction of sp³-hybridized carbons (Fsp3) is 0.643. The van der Waals surface area contributed by atoms with E-state index in [4.69, 9.17) is 0 Å². The van der Waals surface area contributed by atoms with Crippen LogP contribution >= 0.6 is 0 Å². The van der Waals surface area contributed by atoms with Crippen molar-refractivity contribution in [2.45, 2.75) is 31.9 Å². The summed E-state index contributed by atoms with van der Waals surface area (Å²) in [5.41, 5.74) is 1.92. The molecule has 98 valence electrons. The van der Waals surface area contributed by atoms with Gasteiger partial charge in [-0.15, -0.1) is 0 Å². The van der Waals surface area contributed by atoms with Crippen molar-refractivity contribution in [2.75, 3.05) is 31.1 Å². The average Bonchev–Trinajstić information content (AvgIpc) is 3.23. The third-order valence-electron chi connectivity index (χ3n) is 3.94. The molecule has 1 aliphatic carbocycles. The van der Waals surface area contributed by atoms with Crippen molar-refractivity contribution in [3.63, 3.8) is 0 Å². The van der Waals surface area contributed by atoms with Gasteiger partial charge in [0.15, 0.2) is 0 Å². The SMILES string of the molecule is C[C@H](O)c1ccc(N2CCN(C3CC3)CC2)cn1. The molecule has 4 nitrogen and oxygen atoms in total. The second kappa shape index (κ2) is 4.86. The third kappa shape index (κ3) is 2.49. The number of piperazine rings is 1. The van der Waals surface area contributed by atoms with Gasteiger partial charge in [0.25, 0.3) is 0 Å². The molecule has 1 atom stereocenters. The van der Waals surface area contributed by atoms with Crippen LogP contribution in [0.1, 0.15) is 31.6 Å². The fourth-order valence-electron chi connectivity index (χ4n) is 2.62. The molecular weight excluding hydrogens is 226 g/mol. The molecule has 0 unspecified atom stereocenters. The van der Waals surface area contributed by atoms with Crippen LogP contribution in [0.3, 0.4) is 0 Å². The predicted octanol–water partition coefficient (Wildman–Crippen LogP) is 1.42. The Labute approximate surface area is 108 Å². The first-order valence-electron chi connectivity index (χ1n) is 6.87. The van der Waals surface area contributed by atoms with Gasteiger partial charge in [-0.25, -0.2) is 0 Å². The maximum Gasteiger partial charge on any atom is 0.0931 e. The Morgan fingerprint density at radius 2 is 1.94 bits per heavy atom. The molecule has 2 heterocycles. The van der Waals surface area contributed by atoms with E-state index < -0.39 is 6.10 Å². The van der Waals surface area contributed by atoms with Gasteiger partial charge in [0, 0.05) is 32.2 Å². The largest absolute Gasteiger partial charge is 0.387 e. The smallest absolute Gasteiger partial charge is 0.0931 e. The summed E-state index contributed by atoms with van der Waals surface area (Å²) < 4.78 is 0. The van der Waals surface area contributed by atoms with Gasteiger partial charge in [-0.05, 0) is 31.9 Å². The van der Waals surface area contributed by atoms with Gasteiger partial charge in [0.1, 0.15) is 0 Å². The van der Waals surface area contributed by atoms with E-state index in [0.29, 0.717) is 0 Å². The predicted molar refractivity (Wildman–Crippen MR) is 71.7 cm³/mol. The van der Waals surface area contributed by atoms with Gasteiger partial charge in [0.2, 0.25) is 0 Å². The van der Waals surface area contributed by atoms with Crippen LogP contribution in [0.2, 0.25) is 0 Å². The van der Waals surface area contributed by atoms with E-state index in [2.05, 4.69) is 20.9 Å². The standard InChI is InChI=1S/C14H21N3O/c1-11(18)14-5-4-13(10-15-14)17-8-6-16(7-9-17)12-2-3-12/h4-5,10-12,18H,2-3,6-9H2,1H3/t11-/m0/s1. The van der Waals surface area contributed by atoms with E-state index in [-0.39, 0.29) is 0 Å². The molecule has 1 N–H and O–H groups in total. The van der Waals surface area contributed by atoms with Crippen LogP contribution in [0.4, 0.5) is 5.69 Å². The number of anilines is 1. The normalized spacial score (nSPS) is 23.1. The zero-order valence-corrected chi connectivity index (χ0v) is 10.9. The molecule has 4 heteroatoms. The number of nitrogens with zero attached hydrogens (tertiary/aromatic N) is 3. The lowest BCUT2D eigenvalue weighted by atomic mass is 10.2. The van der Waals surface area contributed by atoms with Crippen LogP contribution in [0.5, 0.6) is 0 Å². The molecule has 0 spiro atoms. The van der Waals surface area contributed by atoms with Crippen LogP contribution in [0, 0.1) is 0 Å². The Morgan fingerprint density at radius 3 is 2.44 bits per heavy atom. The Balaban J connectivity index is 1.61. The molecule has 1 aromatic heterocycles. The lowest BCUT2D eigenvalue weighted by molar-refractivity contribution is 0.194. The number of aliphatic hydroxyl groups is 1. The van der Waals surface area contributed by atoms with E-state index in [0.717, 1.165) is 24.8 Å². The summed E-state index contributed by atoms with van der Waals surface area (Å²) in [5.74, 6) is 0. The van der Waals surface area contributed by atoms with Crippen molar-refractivity contribution in [1.29, 1.82) is 0 Å².